The van der Waals surface area contributed by atoms with E-state index >= 15 is 0 Å². The lowest BCUT2D eigenvalue weighted by atomic mass is 10.2. The standard InChI is InChI=1S/C10H17N3O3S/c11-9-4-3-8(17(12,15)16)7-10(9)13-5-1-2-6-14/h3-4,7,13-14H,1-2,5-6,11H2,(H2,12,15,16). The summed E-state index contributed by atoms with van der Waals surface area (Å²) < 4.78 is 22.3. The second-order valence-electron chi connectivity index (χ2n) is 3.65. The number of hydrogen-bond donors (Lipinski definition) is 4. The third kappa shape index (κ3) is 4.22. The molecule has 6 nitrogen and oxygen atoms in total. The molecule has 0 unspecified atom stereocenters. The molecule has 1 aromatic carbocycles. The number of aliphatic hydroxyl groups excluding tert-OH is 1. The first kappa shape index (κ1) is 13.8. The molecule has 0 spiro atoms. The Labute approximate surface area is 101 Å². The predicted molar refractivity (Wildman–Crippen MR) is 67.0 cm³/mol. The smallest absolute Gasteiger partial charge is 0.238 e. The Morgan fingerprint density at radius 3 is 2.59 bits per heavy atom. The summed E-state index contributed by atoms with van der Waals surface area (Å²) in [5.41, 5.74) is 6.70. The molecule has 0 amide bonds. The molecule has 0 fully saturated rings. The molecule has 0 radical (unpaired) electrons. The highest BCUT2D eigenvalue weighted by Gasteiger charge is 2.09. The van der Waals surface area contributed by atoms with Gasteiger partial charge in [0.05, 0.1) is 16.3 Å². The van der Waals surface area contributed by atoms with E-state index in [1.54, 1.807) is 0 Å². The van der Waals surface area contributed by atoms with Gasteiger partial charge in [0, 0.05) is 13.2 Å². The fourth-order valence-electron chi connectivity index (χ4n) is 1.33. The van der Waals surface area contributed by atoms with Crippen LogP contribution in [0.5, 0.6) is 0 Å². The molecule has 0 heterocycles. The molecule has 0 bridgehead atoms. The quantitative estimate of drug-likeness (QED) is 0.427. The summed E-state index contributed by atoms with van der Waals surface area (Å²) in [5.74, 6) is 0. The van der Waals surface area contributed by atoms with Gasteiger partial charge < -0.3 is 16.2 Å². The predicted octanol–water partition coefficient (Wildman–Crippen LogP) is 0.101. The average Bonchev–Trinajstić information content (AvgIpc) is 2.25. The van der Waals surface area contributed by atoms with Gasteiger partial charge in [-0.15, -0.1) is 0 Å². The highest BCUT2D eigenvalue weighted by molar-refractivity contribution is 7.89. The normalized spacial score (nSPS) is 11.4. The van der Waals surface area contributed by atoms with Gasteiger partial charge in [-0.25, -0.2) is 13.6 Å². The maximum absolute atomic E-state index is 11.1. The SMILES string of the molecule is Nc1ccc(S(N)(=O)=O)cc1NCCCCO. The molecule has 1 rings (SSSR count). The number of rotatable bonds is 6. The van der Waals surface area contributed by atoms with E-state index in [2.05, 4.69) is 5.32 Å². The van der Waals surface area contributed by atoms with E-state index in [1.165, 1.54) is 18.2 Å². The van der Waals surface area contributed by atoms with Crippen molar-refractivity contribution in [3.63, 3.8) is 0 Å². The highest BCUT2D eigenvalue weighted by atomic mass is 32.2. The van der Waals surface area contributed by atoms with Crippen molar-refractivity contribution in [1.29, 1.82) is 0 Å². The second-order valence-corrected chi connectivity index (χ2v) is 5.21. The van der Waals surface area contributed by atoms with Crippen molar-refractivity contribution in [1.82, 2.24) is 0 Å². The van der Waals surface area contributed by atoms with E-state index < -0.39 is 10.0 Å². The Hall–Kier alpha value is -1.31. The molecule has 6 N–H and O–H groups in total. The molecule has 0 saturated carbocycles. The number of aliphatic hydroxyl groups is 1. The van der Waals surface area contributed by atoms with E-state index in [-0.39, 0.29) is 11.5 Å². The first-order chi connectivity index (χ1) is 7.95. The molecular weight excluding hydrogens is 242 g/mol. The molecule has 0 aromatic heterocycles. The minimum absolute atomic E-state index is 0.0244. The van der Waals surface area contributed by atoms with E-state index in [9.17, 15) is 8.42 Å². The van der Waals surface area contributed by atoms with Crippen LogP contribution in [0, 0.1) is 0 Å². The Bertz CT molecular complexity index is 474. The maximum atomic E-state index is 11.1. The lowest BCUT2D eigenvalue weighted by molar-refractivity contribution is 0.286. The van der Waals surface area contributed by atoms with Crippen LogP contribution < -0.4 is 16.2 Å². The largest absolute Gasteiger partial charge is 0.397 e. The van der Waals surface area contributed by atoms with Crippen LogP contribution in [0.1, 0.15) is 12.8 Å². The third-order valence-electron chi connectivity index (χ3n) is 2.25. The number of hydrogen-bond acceptors (Lipinski definition) is 5. The lowest BCUT2D eigenvalue weighted by Crippen LogP contribution is -2.13. The van der Waals surface area contributed by atoms with Crippen molar-refractivity contribution in [2.75, 3.05) is 24.2 Å². The van der Waals surface area contributed by atoms with Crippen molar-refractivity contribution in [2.45, 2.75) is 17.7 Å². The highest BCUT2D eigenvalue weighted by Crippen LogP contribution is 2.22. The van der Waals surface area contributed by atoms with Crippen LogP contribution in [-0.4, -0.2) is 26.7 Å². The lowest BCUT2D eigenvalue weighted by Gasteiger charge is -2.10. The van der Waals surface area contributed by atoms with Crippen LogP contribution in [-0.2, 0) is 10.0 Å². The number of nitrogens with two attached hydrogens (primary N) is 2. The fraction of sp³-hybridized carbons (Fsp3) is 0.400. The molecule has 0 aliphatic heterocycles. The summed E-state index contributed by atoms with van der Waals surface area (Å²) in [6.07, 6.45) is 1.46. The first-order valence-electron chi connectivity index (χ1n) is 5.22. The first-order valence-corrected chi connectivity index (χ1v) is 6.77. The van der Waals surface area contributed by atoms with Gasteiger partial charge in [-0.1, -0.05) is 0 Å². The number of nitrogen functional groups attached to an aromatic ring is 1. The Morgan fingerprint density at radius 2 is 2.00 bits per heavy atom. The molecule has 17 heavy (non-hydrogen) atoms. The van der Waals surface area contributed by atoms with Crippen LogP contribution >= 0.6 is 0 Å². The number of sulfonamides is 1. The van der Waals surface area contributed by atoms with Crippen LogP contribution in [0.15, 0.2) is 23.1 Å². The summed E-state index contributed by atoms with van der Waals surface area (Å²) in [4.78, 5) is 0.0244. The summed E-state index contributed by atoms with van der Waals surface area (Å²) in [6.45, 7) is 0.743. The van der Waals surface area contributed by atoms with E-state index in [0.717, 1.165) is 6.42 Å². The minimum atomic E-state index is -3.71. The molecule has 1 aromatic rings. The average molecular weight is 259 g/mol. The molecule has 0 aliphatic carbocycles. The number of benzene rings is 1. The topological polar surface area (TPSA) is 118 Å². The maximum Gasteiger partial charge on any atom is 0.238 e. The summed E-state index contributed by atoms with van der Waals surface area (Å²) >= 11 is 0. The third-order valence-corrected chi connectivity index (χ3v) is 3.16. The monoisotopic (exact) mass is 259 g/mol. The van der Waals surface area contributed by atoms with Gasteiger partial charge in [0.2, 0.25) is 10.0 Å². The van der Waals surface area contributed by atoms with Gasteiger partial charge in [0.1, 0.15) is 0 Å². The van der Waals surface area contributed by atoms with Crippen molar-refractivity contribution in [3.8, 4) is 0 Å². The number of nitrogens with one attached hydrogen (secondary N) is 1. The Balaban J connectivity index is 2.77. The molecule has 96 valence electrons. The molecule has 7 heteroatoms. The van der Waals surface area contributed by atoms with Crippen LogP contribution in [0.3, 0.4) is 0 Å². The summed E-state index contributed by atoms with van der Waals surface area (Å²) in [5, 5.41) is 16.6. The molecule has 0 saturated heterocycles. The van der Waals surface area contributed by atoms with Gasteiger partial charge in [-0.3, -0.25) is 0 Å². The zero-order chi connectivity index (χ0) is 12.9. The second kappa shape index (κ2) is 5.85. The summed E-state index contributed by atoms with van der Waals surface area (Å²) in [6, 6.07) is 4.27. The van der Waals surface area contributed by atoms with Crippen molar-refractivity contribution < 1.29 is 13.5 Å². The van der Waals surface area contributed by atoms with Gasteiger partial charge >= 0.3 is 0 Å². The Kier molecular flexibility index (Phi) is 4.73. The van der Waals surface area contributed by atoms with Crippen LogP contribution in [0.4, 0.5) is 11.4 Å². The number of anilines is 2. The summed E-state index contributed by atoms with van der Waals surface area (Å²) in [7, 11) is -3.71. The Morgan fingerprint density at radius 1 is 1.29 bits per heavy atom. The minimum Gasteiger partial charge on any atom is -0.397 e. The molecular formula is C10H17N3O3S. The van der Waals surface area contributed by atoms with Crippen molar-refractivity contribution in [3.05, 3.63) is 18.2 Å². The molecule has 0 atom stereocenters. The van der Waals surface area contributed by atoms with Crippen LogP contribution in [0.25, 0.3) is 0 Å². The van der Waals surface area contributed by atoms with Gasteiger partial charge in [0.15, 0.2) is 0 Å². The van der Waals surface area contributed by atoms with Gasteiger partial charge in [0.25, 0.3) is 0 Å². The van der Waals surface area contributed by atoms with Crippen molar-refractivity contribution in [2.24, 2.45) is 5.14 Å². The van der Waals surface area contributed by atoms with E-state index in [1.807, 2.05) is 0 Å². The fourth-order valence-corrected chi connectivity index (χ4v) is 1.87. The zero-order valence-electron chi connectivity index (χ0n) is 9.39. The van der Waals surface area contributed by atoms with E-state index in [0.29, 0.717) is 24.3 Å². The number of primary sulfonamides is 1. The van der Waals surface area contributed by atoms with Crippen LogP contribution in [0.2, 0.25) is 0 Å². The molecule has 0 aliphatic rings. The van der Waals surface area contributed by atoms with Crippen molar-refractivity contribution >= 4 is 21.4 Å². The van der Waals surface area contributed by atoms with Gasteiger partial charge in [-0.2, -0.15) is 0 Å². The van der Waals surface area contributed by atoms with E-state index in [4.69, 9.17) is 16.0 Å². The van der Waals surface area contributed by atoms with Gasteiger partial charge in [-0.05, 0) is 31.0 Å². The number of unbranched alkanes of at least 4 members (excludes halogenated alkanes) is 1. The zero-order valence-corrected chi connectivity index (χ0v) is 10.2.